The van der Waals surface area contributed by atoms with Crippen molar-refractivity contribution in [3.8, 4) is 11.1 Å². The van der Waals surface area contributed by atoms with Crippen LogP contribution >= 0.6 is 0 Å². The number of hydrogen-bond acceptors (Lipinski definition) is 0. The largest absolute Gasteiger partial charge is 0.251 e. The molecule has 2 aromatic carbocycles. The summed E-state index contributed by atoms with van der Waals surface area (Å²) in [5, 5.41) is 0. The van der Waals surface area contributed by atoms with Gasteiger partial charge in [0.25, 0.3) is 0 Å². The second-order valence-corrected chi connectivity index (χ2v) is 10.7. The summed E-state index contributed by atoms with van der Waals surface area (Å²) in [4.78, 5) is 0. The summed E-state index contributed by atoms with van der Waals surface area (Å²) >= 11 is 0. The Balaban J connectivity index is 1.37. The number of rotatable bonds is 8. The number of benzene rings is 2. The van der Waals surface area contributed by atoms with E-state index in [0.29, 0.717) is 17.9 Å². The molecule has 2 fully saturated rings. The first-order chi connectivity index (χ1) is 16.0. The molecule has 0 unspecified atom stereocenters. The van der Waals surface area contributed by atoms with Crippen molar-refractivity contribution in [2.45, 2.75) is 95.8 Å². The van der Waals surface area contributed by atoms with Crippen LogP contribution < -0.4 is 0 Å². The molecule has 0 N–H and O–H groups in total. The maximum absolute atomic E-state index is 15.0. The van der Waals surface area contributed by atoms with Crippen molar-refractivity contribution in [1.29, 1.82) is 0 Å². The Morgan fingerprint density at radius 1 is 0.697 bits per heavy atom. The average Bonchev–Trinajstić information content (AvgIpc) is 2.83. The van der Waals surface area contributed by atoms with Crippen LogP contribution in [0, 0.1) is 23.5 Å². The normalized spacial score (nSPS) is 25.8. The van der Waals surface area contributed by atoms with E-state index in [4.69, 9.17) is 0 Å². The Labute approximate surface area is 198 Å². The topological polar surface area (TPSA) is 0 Å². The zero-order chi connectivity index (χ0) is 23.2. The van der Waals surface area contributed by atoms with Gasteiger partial charge in [0.05, 0.1) is 12.2 Å². The minimum atomic E-state index is -0.440. The molecule has 0 nitrogen and oxygen atoms in total. The predicted octanol–water partition coefficient (Wildman–Crippen LogP) is 9.73. The SMILES string of the molecule is C[C@H]1CC[C@H](c2cc(F)c(-c3ccc([C@H]4CC[C@H](CCCCCF)CC4)cc3)c(F)c2)CC1. The van der Waals surface area contributed by atoms with E-state index in [9.17, 15) is 4.39 Å². The number of unbranched alkanes of at least 4 members (excludes halogenated alkanes) is 2. The summed E-state index contributed by atoms with van der Waals surface area (Å²) in [5.41, 5.74) is 2.83. The van der Waals surface area contributed by atoms with Crippen molar-refractivity contribution < 1.29 is 13.2 Å². The van der Waals surface area contributed by atoms with E-state index in [1.165, 1.54) is 37.7 Å². The molecule has 0 atom stereocenters. The third kappa shape index (κ3) is 6.22. The van der Waals surface area contributed by atoms with E-state index >= 15 is 8.78 Å². The highest BCUT2D eigenvalue weighted by molar-refractivity contribution is 5.66. The summed E-state index contributed by atoms with van der Waals surface area (Å²) in [5.74, 6) is 1.42. The molecule has 0 saturated heterocycles. The summed E-state index contributed by atoms with van der Waals surface area (Å²) in [6, 6.07) is 11.1. The van der Waals surface area contributed by atoms with Gasteiger partial charge in [-0.25, -0.2) is 8.78 Å². The van der Waals surface area contributed by atoms with Gasteiger partial charge in [-0.1, -0.05) is 63.3 Å². The van der Waals surface area contributed by atoms with Crippen LogP contribution in [0.15, 0.2) is 36.4 Å². The van der Waals surface area contributed by atoms with Crippen molar-refractivity contribution in [1.82, 2.24) is 0 Å². The Morgan fingerprint density at radius 3 is 1.88 bits per heavy atom. The van der Waals surface area contributed by atoms with Crippen molar-refractivity contribution in [2.24, 2.45) is 11.8 Å². The first kappa shape index (κ1) is 24.4. The minimum Gasteiger partial charge on any atom is -0.251 e. The lowest BCUT2D eigenvalue weighted by molar-refractivity contribution is 0.300. The van der Waals surface area contributed by atoms with E-state index in [-0.39, 0.29) is 18.2 Å². The Kier molecular flexibility index (Phi) is 8.55. The number of hydrogen-bond donors (Lipinski definition) is 0. The smallest absolute Gasteiger partial charge is 0.134 e. The van der Waals surface area contributed by atoms with Crippen molar-refractivity contribution in [2.75, 3.05) is 6.67 Å². The molecule has 0 radical (unpaired) electrons. The van der Waals surface area contributed by atoms with E-state index < -0.39 is 11.6 Å². The molecule has 0 heterocycles. The van der Waals surface area contributed by atoms with Crippen LogP contribution in [-0.4, -0.2) is 6.67 Å². The fourth-order valence-corrected chi connectivity index (χ4v) is 6.11. The van der Waals surface area contributed by atoms with Crippen LogP contribution in [0.5, 0.6) is 0 Å². The van der Waals surface area contributed by atoms with Crippen LogP contribution in [0.1, 0.15) is 107 Å². The third-order valence-electron chi connectivity index (χ3n) is 8.32. The van der Waals surface area contributed by atoms with E-state index in [0.717, 1.165) is 55.9 Å². The first-order valence-electron chi connectivity index (χ1n) is 13.2. The van der Waals surface area contributed by atoms with Gasteiger partial charge < -0.3 is 0 Å². The Bertz CT molecular complexity index is 849. The fourth-order valence-electron chi connectivity index (χ4n) is 6.11. The number of alkyl halides is 1. The molecule has 2 aliphatic carbocycles. The molecule has 2 aromatic rings. The van der Waals surface area contributed by atoms with Gasteiger partial charge >= 0.3 is 0 Å². The average molecular weight is 457 g/mol. The second-order valence-electron chi connectivity index (χ2n) is 10.7. The molecule has 0 amide bonds. The van der Waals surface area contributed by atoms with Gasteiger partial charge in [-0.15, -0.1) is 0 Å². The zero-order valence-corrected chi connectivity index (χ0v) is 20.1. The van der Waals surface area contributed by atoms with Crippen LogP contribution in [0.3, 0.4) is 0 Å². The highest BCUT2D eigenvalue weighted by Gasteiger charge is 2.24. The predicted molar refractivity (Wildman–Crippen MR) is 131 cm³/mol. The monoisotopic (exact) mass is 456 g/mol. The van der Waals surface area contributed by atoms with Gasteiger partial charge in [0.1, 0.15) is 11.6 Å². The lowest BCUT2D eigenvalue weighted by atomic mass is 9.77. The highest BCUT2D eigenvalue weighted by atomic mass is 19.1. The molecule has 2 aliphatic rings. The van der Waals surface area contributed by atoms with E-state index in [1.807, 2.05) is 12.1 Å². The summed E-state index contributed by atoms with van der Waals surface area (Å²) in [6.07, 6.45) is 13.2. The molecule has 4 rings (SSSR count). The molecule has 0 bridgehead atoms. The molecule has 2 saturated carbocycles. The summed E-state index contributed by atoms with van der Waals surface area (Å²) in [6.45, 7) is 2.06. The van der Waals surface area contributed by atoms with Crippen molar-refractivity contribution in [3.05, 3.63) is 59.2 Å². The summed E-state index contributed by atoms with van der Waals surface area (Å²) in [7, 11) is 0. The van der Waals surface area contributed by atoms with Crippen LogP contribution in [0.2, 0.25) is 0 Å². The minimum absolute atomic E-state index is 0.103. The van der Waals surface area contributed by atoms with Crippen LogP contribution in [0.25, 0.3) is 11.1 Å². The Morgan fingerprint density at radius 2 is 1.27 bits per heavy atom. The van der Waals surface area contributed by atoms with Crippen molar-refractivity contribution in [3.63, 3.8) is 0 Å². The highest BCUT2D eigenvalue weighted by Crippen LogP contribution is 2.40. The number of halogens is 3. The molecule has 33 heavy (non-hydrogen) atoms. The second kappa shape index (κ2) is 11.6. The molecule has 0 aromatic heterocycles. The molecule has 3 heteroatoms. The third-order valence-corrected chi connectivity index (χ3v) is 8.32. The zero-order valence-electron chi connectivity index (χ0n) is 20.1. The Hall–Kier alpha value is -1.77. The van der Waals surface area contributed by atoms with Gasteiger partial charge in [0, 0.05) is 0 Å². The molecule has 0 aliphatic heterocycles. The van der Waals surface area contributed by atoms with Crippen molar-refractivity contribution >= 4 is 0 Å². The van der Waals surface area contributed by atoms with Gasteiger partial charge in [-0.3, -0.25) is 4.39 Å². The molecule has 180 valence electrons. The molecular weight excluding hydrogens is 417 g/mol. The maximum Gasteiger partial charge on any atom is 0.134 e. The van der Waals surface area contributed by atoms with E-state index in [2.05, 4.69) is 19.1 Å². The van der Waals surface area contributed by atoms with Gasteiger partial charge in [-0.05, 0) is 97.4 Å². The lowest BCUT2D eigenvalue weighted by Gasteiger charge is -2.29. The quantitative estimate of drug-likeness (QED) is 0.347. The van der Waals surface area contributed by atoms with E-state index in [1.54, 1.807) is 12.1 Å². The summed E-state index contributed by atoms with van der Waals surface area (Å²) < 4.78 is 42.3. The first-order valence-corrected chi connectivity index (χ1v) is 13.2. The van der Waals surface area contributed by atoms with Gasteiger partial charge in [0.2, 0.25) is 0 Å². The van der Waals surface area contributed by atoms with Gasteiger partial charge in [0.15, 0.2) is 0 Å². The molecule has 0 spiro atoms. The lowest BCUT2D eigenvalue weighted by Crippen LogP contribution is -2.13. The standard InChI is InChI=1S/C30H39F3/c1-21-6-10-25(11-7-21)27-19-28(32)30(29(33)20-27)26-16-14-24(15-17-26)23-12-8-22(9-13-23)5-3-2-4-18-31/h14-17,19-23,25H,2-13,18H2,1H3/t21-,22-,23-,25-. The van der Waals surface area contributed by atoms with Crippen LogP contribution in [-0.2, 0) is 0 Å². The van der Waals surface area contributed by atoms with Gasteiger partial charge in [-0.2, -0.15) is 0 Å². The van der Waals surface area contributed by atoms with Crippen LogP contribution in [0.4, 0.5) is 13.2 Å². The molecular formula is C30H39F3. The maximum atomic E-state index is 15.0. The fraction of sp³-hybridized carbons (Fsp3) is 0.600.